The van der Waals surface area contributed by atoms with Gasteiger partial charge in [-0.15, -0.1) is 0 Å². The van der Waals surface area contributed by atoms with Gasteiger partial charge in [-0.25, -0.2) is 9.97 Å². The van der Waals surface area contributed by atoms with E-state index in [0.29, 0.717) is 24.9 Å². The zero-order valence-corrected chi connectivity index (χ0v) is 8.60. The first kappa shape index (κ1) is 9.86. The highest BCUT2D eigenvalue weighted by Gasteiger charge is 2.03. The van der Waals surface area contributed by atoms with E-state index < -0.39 is 0 Å². The molecule has 2 rings (SSSR count). The normalized spacial score (nSPS) is 10.7. The minimum atomic E-state index is 0.408. The summed E-state index contributed by atoms with van der Waals surface area (Å²) >= 11 is 0. The Labute approximate surface area is 88.1 Å². The number of ether oxygens (including phenoxy) is 1. The molecule has 1 heterocycles. The predicted molar refractivity (Wildman–Crippen MR) is 59.3 cm³/mol. The zero-order valence-electron chi connectivity index (χ0n) is 8.60. The molecule has 0 aliphatic carbocycles. The maximum absolute atomic E-state index is 5.82. The van der Waals surface area contributed by atoms with Crippen LogP contribution in [-0.4, -0.2) is 16.6 Å². The molecule has 0 bridgehead atoms. The van der Waals surface area contributed by atoms with Crippen molar-refractivity contribution in [3.8, 4) is 0 Å². The van der Waals surface area contributed by atoms with Crippen LogP contribution in [0.25, 0.3) is 10.9 Å². The van der Waals surface area contributed by atoms with Crippen LogP contribution in [0.1, 0.15) is 12.7 Å². The standard InChI is InChI=1S/C11H13N3O/c1-2-15-7-10-13-9-6-4-3-5-8(9)11(12)14-10/h3-6H,2,7H2,1H3,(H2,12,13,14). The number of fused-ring (bicyclic) bond motifs is 1. The van der Waals surface area contributed by atoms with Crippen molar-refractivity contribution in [2.24, 2.45) is 0 Å². The summed E-state index contributed by atoms with van der Waals surface area (Å²) in [5, 5.41) is 0.887. The molecule has 0 saturated carbocycles. The second-order valence-electron chi connectivity index (χ2n) is 3.18. The van der Waals surface area contributed by atoms with Gasteiger partial charge in [-0.1, -0.05) is 12.1 Å². The topological polar surface area (TPSA) is 61.0 Å². The first-order chi connectivity index (χ1) is 7.31. The van der Waals surface area contributed by atoms with Gasteiger partial charge in [0, 0.05) is 12.0 Å². The number of hydrogen-bond acceptors (Lipinski definition) is 4. The highest BCUT2D eigenvalue weighted by molar-refractivity contribution is 5.87. The lowest BCUT2D eigenvalue weighted by molar-refractivity contribution is 0.128. The molecule has 0 saturated heterocycles. The summed E-state index contributed by atoms with van der Waals surface area (Å²) in [6.07, 6.45) is 0. The molecule has 0 amide bonds. The van der Waals surface area contributed by atoms with E-state index in [1.807, 2.05) is 31.2 Å². The molecular weight excluding hydrogens is 190 g/mol. The van der Waals surface area contributed by atoms with Gasteiger partial charge < -0.3 is 10.5 Å². The maximum atomic E-state index is 5.82. The van der Waals surface area contributed by atoms with Crippen molar-refractivity contribution < 1.29 is 4.74 Å². The molecule has 15 heavy (non-hydrogen) atoms. The Hall–Kier alpha value is -1.68. The Kier molecular flexibility index (Phi) is 2.78. The van der Waals surface area contributed by atoms with Crippen molar-refractivity contribution in [1.82, 2.24) is 9.97 Å². The Morgan fingerprint density at radius 2 is 2.07 bits per heavy atom. The van der Waals surface area contributed by atoms with Gasteiger partial charge >= 0.3 is 0 Å². The van der Waals surface area contributed by atoms with E-state index in [4.69, 9.17) is 10.5 Å². The van der Waals surface area contributed by atoms with Crippen molar-refractivity contribution >= 4 is 16.7 Å². The van der Waals surface area contributed by atoms with Gasteiger partial charge in [0.25, 0.3) is 0 Å². The molecule has 0 unspecified atom stereocenters. The fourth-order valence-electron chi connectivity index (χ4n) is 1.41. The summed E-state index contributed by atoms with van der Waals surface area (Å²) in [6, 6.07) is 7.68. The Morgan fingerprint density at radius 3 is 2.87 bits per heavy atom. The second kappa shape index (κ2) is 4.23. The van der Waals surface area contributed by atoms with Gasteiger partial charge in [0.1, 0.15) is 12.4 Å². The highest BCUT2D eigenvalue weighted by Crippen LogP contribution is 2.17. The summed E-state index contributed by atoms with van der Waals surface area (Å²) in [5.74, 6) is 1.14. The fraction of sp³-hybridized carbons (Fsp3) is 0.273. The van der Waals surface area contributed by atoms with E-state index in [0.717, 1.165) is 10.9 Å². The summed E-state index contributed by atoms with van der Waals surface area (Å²) in [7, 11) is 0. The first-order valence-corrected chi connectivity index (χ1v) is 4.90. The average Bonchev–Trinajstić information content (AvgIpc) is 2.26. The van der Waals surface area contributed by atoms with Crippen LogP contribution < -0.4 is 5.73 Å². The van der Waals surface area contributed by atoms with Crippen LogP contribution in [0.3, 0.4) is 0 Å². The number of hydrogen-bond donors (Lipinski definition) is 1. The van der Waals surface area contributed by atoms with Gasteiger partial charge in [0.05, 0.1) is 5.52 Å². The third-order valence-electron chi connectivity index (χ3n) is 2.11. The Bertz CT molecular complexity index is 470. The molecule has 1 aromatic carbocycles. The fourth-order valence-corrected chi connectivity index (χ4v) is 1.41. The smallest absolute Gasteiger partial charge is 0.157 e. The van der Waals surface area contributed by atoms with Crippen LogP contribution in [0, 0.1) is 0 Å². The number of nitrogens with two attached hydrogens (primary N) is 1. The van der Waals surface area contributed by atoms with Crippen LogP contribution >= 0.6 is 0 Å². The van der Waals surface area contributed by atoms with E-state index in [-0.39, 0.29) is 0 Å². The highest BCUT2D eigenvalue weighted by atomic mass is 16.5. The molecule has 78 valence electrons. The van der Waals surface area contributed by atoms with Crippen LogP contribution in [0.4, 0.5) is 5.82 Å². The molecule has 4 heteroatoms. The lowest BCUT2D eigenvalue weighted by Gasteiger charge is -2.04. The molecule has 2 aromatic rings. The lowest BCUT2D eigenvalue weighted by atomic mass is 10.2. The molecule has 2 N–H and O–H groups in total. The molecule has 1 aromatic heterocycles. The Morgan fingerprint density at radius 1 is 1.27 bits per heavy atom. The minimum Gasteiger partial charge on any atom is -0.383 e. The summed E-state index contributed by atoms with van der Waals surface area (Å²) in [5.41, 5.74) is 6.68. The van der Waals surface area contributed by atoms with E-state index in [1.165, 1.54) is 0 Å². The van der Waals surface area contributed by atoms with Gasteiger partial charge in [-0.05, 0) is 19.1 Å². The number of nitrogens with zero attached hydrogens (tertiary/aromatic N) is 2. The number of nitrogen functional groups attached to an aromatic ring is 1. The van der Waals surface area contributed by atoms with E-state index in [9.17, 15) is 0 Å². The van der Waals surface area contributed by atoms with Crippen molar-refractivity contribution in [2.75, 3.05) is 12.3 Å². The summed E-state index contributed by atoms with van der Waals surface area (Å²) < 4.78 is 5.24. The first-order valence-electron chi connectivity index (χ1n) is 4.90. The summed E-state index contributed by atoms with van der Waals surface area (Å²) in [4.78, 5) is 8.54. The number of anilines is 1. The monoisotopic (exact) mass is 203 g/mol. The largest absolute Gasteiger partial charge is 0.383 e. The van der Waals surface area contributed by atoms with E-state index in [2.05, 4.69) is 9.97 Å². The van der Waals surface area contributed by atoms with Crippen LogP contribution in [-0.2, 0) is 11.3 Å². The van der Waals surface area contributed by atoms with Crippen molar-refractivity contribution in [1.29, 1.82) is 0 Å². The molecule has 0 atom stereocenters. The predicted octanol–water partition coefficient (Wildman–Crippen LogP) is 1.75. The number of benzene rings is 1. The molecular formula is C11H13N3O. The minimum absolute atomic E-state index is 0.408. The molecule has 0 fully saturated rings. The quantitative estimate of drug-likeness (QED) is 0.825. The SMILES string of the molecule is CCOCc1nc(N)c2ccccc2n1. The number of para-hydroxylation sites is 1. The third kappa shape index (κ3) is 2.05. The van der Waals surface area contributed by atoms with Gasteiger partial charge in [-0.2, -0.15) is 0 Å². The van der Waals surface area contributed by atoms with E-state index in [1.54, 1.807) is 0 Å². The lowest BCUT2D eigenvalue weighted by Crippen LogP contribution is -2.03. The van der Waals surface area contributed by atoms with Crippen molar-refractivity contribution in [2.45, 2.75) is 13.5 Å². The molecule has 0 radical (unpaired) electrons. The third-order valence-corrected chi connectivity index (χ3v) is 2.11. The molecule has 0 aliphatic heterocycles. The van der Waals surface area contributed by atoms with Gasteiger partial charge in [0.15, 0.2) is 5.82 Å². The van der Waals surface area contributed by atoms with Gasteiger partial charge in [0.2, 0.25) is 0 Å². The number of aromatic nitrogens is 2. The second-order valence-corrected chi connectivity index (χ2v) is 3.18. The van der Waals surface area contributed by atoms with Crippen LogP contribution in [0.15, 0.2) is 24.3 Å². The summed E-state index contributed by atoms with van der Waals surface area (Å²) in [6.45, 7) is 2.99. The van der Waals surface area contributed by atoms with Gasteiger partial charge in [-0.3, -0.25) is 0 Å². The van der Waals surface area contributed by atoms with Crippen LogP contribution in [0.2, 0.25) is 0 Å². The Balaban J connectivity index is 2.43. The van der Waals surface area contributed by atoms with Crippen molar-refractivity contribution in [3.05, 3.63) is 30.1 Å². The van der Waals surface area contributed by atoms with E-state index >= 15 is 0 Å². The number of rotatable bonds is 3. The molecule has 0 spiro atoms. The molecule has 0 aliphatic rings. The van der Waals surface area contributed by atoms with Crippen LogP contribution in [0.5, 0.6) is 0 Å². The molecule has 4 nitrogen and oxygen atoms in total. The average molecular weight is 203 g/mol. The maximum Gasteiger partial charge on any atom is 0.157 e. The van der Waals surface area contributed by atoms with Crippen molar-refractivity contribution in [3.63, 3.8) is 0 Å². The zero-order chi connectivity index (χ0) is 10.7.